The lowest BCUT2D eigenvalue weighted by Gasteiger charge is -2.17. The van der Waals surface area contributed by atoms with Crippen LogP contribution in [0.3, 0.4) is 0 Å². The molecule has 0 aliphatic rings. The second-order valence-corrected chi connectivity index (χ2v) is 6.16. The normalized spacial score (nSPS) is 12.1. The number of nitro groups is 1. The van der Waals surface area contributed by atoms with Gasteiger partial charge in [0.2, 0.25) is 0 Å². The summed E-state index contributed by atoms with van der Waals surface area (Å²) in [5, 5.41) is 10.9. The molecule has 0 saturated heterocycles. The highest BCUT2D eigenvalue weighted by atomic mass is 16.6. The van der Waals surface area contributed by atoms with Crippen molar-refractivity contribution in [2.24, 2.45) is 0 Å². The summed E-state index contributed by atoms with van der Waals surface area (Å²) >= 11 is 0. The van der Waals surface area contributed by atoms with Crippen LogP contribution in [0.1, 0.15) is 30.4 Å². The van der Waals surface area contributed by atoms with Crippen molar-refractivity contribution in [2.75, 3.05) is 6.61 Å². The summed E-state index contributed by atoms with van der Waals surface area (Å²) in [6.45, 7) is 5.01. The predicted molar refractivity (Wildman–Crippen MR) is 107 cm³/mol. The summed E-state index contributed by atoms with van der Waals surface area (Å²) in [6.07, 6.45) is 3.32. The molecule has 0 fully saturated rings. The molecule has 6 heteroatoms. The van der Waals surface area contributed by atoms with Crippen LogP contribution < -0.4 is 0 Å². The Balaban J connectivity index is 2.38. The number of nitrogens with zero attached hydrogens (tertiary/aromatic N) is 1. The number of hydrogen-bond acceptors (Lipinski definition) is 5. The van der Waals surface area contributed by atoms with Crippen molar-refractivity contribution >= 4 is 23.5 Å². The number of esters is 1. The molecule has 0 aliphatic carbocycles. The largest absolute Gasteiger partial charge is 0.461 e. The van der Waals surface area contributed by atoms with E-state index in [2.05, 4.69) is 6.58 Å². The first kappa shape index (κ1) is 20.8. The molecule has 0 spiro atoms. The molecule has 6 nitrogen and oxygen atoms in total. The Morgan fingerprint density at radius 2 is 1.79 bits per heavy atom. The Hall–Kier alpha value is -3.54. The fourth-order valence-corrected chi connectivity index (χ4v) is 2.68. The van der Waals surface area contributed by atoms with Gasteiger partial charge in [0.05, 0.1) is 10.8 Å². The summed E-state index contributed by atoms with van der Waals surface area (Å²) in [6, 6.07) is 15.0. The number of carbonyl (C=O) groups excluding carboxylic acids is 2. The highest BCUT2D eigenvalue weighted by molar-refractivity contribution is 5.98. The maximum atomic E-state index is 12.6. The maximum Gasteiger partial charge on any atom is 0.314 e. The van der Waals surface area contributed by atoms with Gasteiger partial charge in [0, 0.05) is 12.1 Å². The number of benzene rings is 2. The van der Waals surface area contributed by atoms with Gasteiger partial charge >= 0.3 is 5.97 Å². The summed E-state index contributed by atoms with van der Waals surface area (Å²) in [5.41, 5.74) is 1.77. The molecule has 2 rings (SSSR count). The molecule has 0 N–H and O–H groups in total. The minimum Gasteiger partial charge on any atom is -0.461 e. The predicted octanol–water partition coefficient (Wildman–Crippen LogP) is 4.47. The number of Topliss-reactive ketones (excluding diaryl/α,β-unsaturated/α-hetero) is 1. The molecular formula is C22H21NO5. The van der Waals surface area contributed by atoms with E-state index >= 15 is 0 Å². The van der Waals surface area contributed by atoms with Gasteiger partial charge in [-0.25, -0.2) is 0 Å². The third-order valence-electron chi connectivity index (χ3n) is 4.15. The van der Waals surface area contributed by atoms with Crippen LogP contribution in [0.15, 0.2) is 72.8 Å². The maximum absolute atomic E-state index is 12.6. The minimum absolute atomic E-state index is 0.0418. The van der Waals surface area contributed by atoms with E-state index < -0.39 is 16.8 Å². The molecule has 0 saturated carbocycles. The van der Waals surface area contributed by atoms with Crippen LogP contribution in [-0.2, 0) is 14.3 Å². The zero-order valence-corrected chi connectivity index (χ0v) is 15.5. The highest BCUT2D eigenvalue weighted by Gasteiger charge is 2.25. The molecule has 0 radical (unpaired) electrons. The smallest absolute Gasteiger partial charge is 0.314 e. The van der Waals surface area contributed by atoms with E-state index in [1.54, 1.807) is 6.08 Å². The standard InChI is InChI=1S/C22H21NO5/c1-3-13-28-22(25)21(18-9-11-20(12-10-18)23(26)27)15-19(16(2)24)14-17-7-5-4-6-8-17/h3-12,14,21H,1,13,15H2,2H3/b19-14-. The molecule has 0 aromatic heterocycles. The van der Waals surface area contributed by atoms with E-state index in [1.807, 2.05) is 30.3 Å². The lowest BCUT2D eigenvalue weighted by Crippen LogP contribution is -2.18. The number of allylic oxidation sites excluding steroid dienone is 1. The van der Waals surface area contributed by atoms with E-state index in [0.717, 1.165) is 5.56 Å². The molecule has 2 aromatic carbocycles. The fraction of sp³-hybridized carbons (Fsp3) is 0.182. The van der Waals surface area contributed by atoms with Crippen molar-refractivity contribution in [3.8, 4) is 0 Å². The molecule has 0 bridgehead atoms. The van der Waals surface area contributed by atoms with Crippen molar-refractivity contribution in [1.82, 2.24) is 0 Å². The number of non-ortho nitro benzene ring substituents is 1. The molecule has 1 atom stereocenters. The van der Waals surface area contributed by atoms with Gasteiger partial charge in [-0.2, -0.15) is 0 Å². The Labute approximate surface area is 163 Å². The van der Waals surface area contributed by atoms with Gasteiger partial charge in [0.1, 0.15) is 6.61 Å². The van der Waals surface area contributed by atoms with Crippen LogP contribution in [0, 0.1) is 10.1 Å². The molecule has 2 aromatic rings. The zero-order chi connectivity index (χ0) is 20.5. The third-order valence-corrected chi connectivity index (χ3v) is 4.15. The van der Waals surface area contributed by atoms with Crippen LogP contribution in [-0.4, -0.2) is 23.3 Å². The number of ketones is 1. The van der Waals surface area contributed by atoms with Gasteiger partial charge in [0.25, 0.3) is 5.69 Å². The molecule has 144 valence electrons. The van der Waals surface area contributed by atoms with Gasteiger partial charge in [-0.3, -0.25) is 19.7 Å². The van der Waals surface area contributed by atoms with Crippen LogP contribution in [0.5, 0.6) is 0 Å². The van der Waals surface area contributed by atoms with Crippen molar-refractivity contribution < 1.29 is 19.2 Å². The first-order valence-electron chi connectivity index (χ1n) is 8.70. The lowest BCUT2D eigenvalue weighted by molar-refractivity contribution is -0.384. The number of rotatable bonds is 9. The average molecular weight is 379 g/mol. The molecular weight excluding hydrogens is 358 g/mol. The van der Waals surface area contributed by atoms with Crippen molar-refractivity contribution in [1.29, 1.82) is 0 Å². The van der Waals surface area contributed by atoms with Gasteiger partial charge in [-0.05, 0) is 36.1 Å². The number of carbonyl (C=O) groups is 2. The van der Waals surface area contributed by atoms with Gasteiger partial charge in [-0.1, -0.05) is 55.1 Å². The Morgan fingerprint density at radius 3 is 2.32 bits per heavy atom. The van der Waals surface area contributed by atoms with Crippen LogP contribution in [0.2, 0.25) is 0 Å². The third kappa shape index (κ3) is 5.74. The molecule has 0 amide bonds. The molecule has 28 heavy (non-hydrogen) atoms. The first-order chi connectivity index (χ1) is 13.4. The van der Waals surface area contributed by atoms with Crippen LogP contribution >= 0.6 is 0 Å². The SMILES string of the molecule is C=CCOC(=O)C(C/C(=C/c1ccccc1)C(C)=O)c1ccc([N+](=O)[O-])cc1. The number of hydrogen-bond donors (Lipinski definition) is 0. The second kappa shape index (κ2) is 9.97. The van der Waals surface area contributed by atoms with Crippen molar-refractivity contribution in [3.63, 3.8) is 0 Å². The van der Waals surface area contributed by atoms with E-state index in [9.17, 15) is 19.7 Å². The van der Waals surface area contributed by atoms with Gasteiger partial charge in [0.15, 0.2) is 5.78 Å². The minimum atomic E-state index is -0.764. The molecule has 0 heterocycles. The summed E-state index contributed by atoms with van der Waals surface area (Å²) in [7, 11) is 0. The quantitative estimate of drug-likeness (QED) is 0.211. The zero-order valence-electron chi connectivity index (χ0n) is 15.5. The van der Waals surface area contributed by atoms with E-state index in [0.29, 0.717) is 11.1 Å². The first-order valence-corrected chi connectivity index (χ1v) is 8.70. The van der Waals surface area contributed by atoms with Crippen molar-refractivity contribution in [2.45, 2.75) is 19.3 Å². The Morgan fingerprint density at radius 1 is 1.14 bits per heavy atom. The molecule has 1 unspecified atom stereocenters. The Bertz CT molecular complexity index is 885. The second-order valence-electron chi connectivity index (χ2n) is 6.16. The fourth-order valence-electron chi connectivity index (χ4n) is 2.68. The monoisotopic (exact) mass is 379 g/mol. The molecule has 0 aliphatic heterocycles. The van der Waals surface area contributed by atoms with Crippen LogP contribution in [0.25, 0.3) is 6.08 Å². The van der Waals surface area contributed by atoms with Gasteiger partial charge < -0.3 is 4.74 Å². The van der Waals surface area contributed by atoms with Crippen molar-refractivity contribution in [3.05, 3.63) is 94.1 Å². The number of nitro benzene ring substituents is 1. The lowest BCUT2D eigenvalue weighted by atomic mass is 9.89. The van der Waals surface area contributed by atoms with Crippen LogP contribution in [0.4, 0.5) is 5.69 Å². The van der Waals surface area contributed by atoms with E-state index in [-0.39, 0.29) is 24.5 Å². The van der Waals surface area contributed by atoms with E-state index in [4.69, 9.17) is 4.74 Å². The topological polar surface area (TPSA) is 86.5 Å². The Kier molecular flexibility index (Phi) is 7.39. The summed E-state index contributed by atoms with van der Waals surface area (Å²) in [4.78, 5) is 35.1. The highest BCUT2D eigenvalue weighted by Crippen LogP contribution is 2.28. The average Bonchev–Trinajstić information content (AvgIpc) is 2.70. The summed E-state index contributed by atoms with van der Waals surface area (Å²) in [5.74, 6) is -1.44. The number of ether oxygens (including phenoxy) is 1. The van der Waals surface area contributed by atoms with E-state index in [1.165, 1.54) is 37.3 Å². The van der Waals surface area contributed by atoms with Gasteiger partial charge in [-0.15, -0.1) is 0 Å². The summed E-state index contributed by atoms with van der Waals surface area (Å²) < 4.78 is 5.19.